The summed E-state index contributed by atoms with van der Waals surface area (Å²) in [6.07, 6.45) is 0.509. The second kappa shape index (κ2) is 9.39. The van der Waals surface area contributed by atoms with E-state index in [9.17, 15) is 19.2 Å². The second-order valence-corrected chi connectivity index (χ2v) is 5.29. The van der Waals surface area contributed by atoms with Crippen LogP contribution < -0.4 is 15.6 Å². The number of esters is 2. The van der Waals surface area contributed by atoms with Crippen molar-refractivity contribution in [3.05, 3.63) is 57.8 Å². The molecule has 27 heavy (non-hydrogen) atoms. The number of carbonyl (C=O) groups excluding carboxylic acids is 3. The number of hydrogen-bond donors (Lipinski definition) is 1. The van der Waals surface area contributed by atoms with E-state index in [1.165, 1.54) is 12.1 Å². The van der Waals surface area contributed by atoms with Crippen LogP contribution in [-0.2, 0) is 22.6 Å². The first-order chi connectivity index (χ1) is 13.0. The molecule has 0 saturated heterocycles. The summed E-state index contributed by atoms with van der Waals surface area (Å²) in [7, 11) is 1.62. The number of hydrogen-bond acceptors (Lipinski definition) is 8. The molecule has 2 aromatic rings. The third-order valence-corrected chi connectivity index (χ3v) is 3.47. The van der Waals surface area contributed by atoms with Crippen LogP contribution in [0, 0.1) is 0 Å². The van der Waals surface area contributed by atoms with Crippen molar-refractivity contribution in [3.63, 3.8) is 0 Å². The number of rotatable bonds is 8. The zero-order valence-corrected chi connectivity index (χ0v) is 14.9. The number of aldehydes is 1. The number of carbonyl (C=O) groups is 3. The lowest BCUT2D eigenvalue weighted by molar-refractivity contribution is -0.108. The summed E-state index contributed by atoms with van der Waals surface area (Å²) in [6.45, 7) is 1.45. The number of ether oxygens (including phenoxy) is 2. The van der Waals surface area contributed by atoms with Gasteiger partial charge in [0, 0.05) is 0 Å². The molecule has 1 heterocycles. The van der Waals surface area contributed by atoms with Gasteiger partial charge in [0.1, 0.15) is 12.1 Å². The van der Waals surface area contributed by atoms with Gasteiger partial charge in [0.25, 0.3) is 5.56 Å². The monoisotopic (exact) mass is 373 g/mol. The van der Waals surface area contributed by atoms with Crippen LogP contribution in [0.4, 0.5) is 0 Å². The van der Waals surface area contributed by atoms with Crippen LogP contribution in [0.25, 0.3) is 0 Å². The summed E-state index contributed by atoms with van der Waals surface area (Å²) < 4.78 is 11.1. The van der Waals surface area contributed by atoms with Crippen molar-refractivity contribution in [2.75, 3.05) is 13.7 Å². The Kier molecular flexibility index (Phi) is 6.95. The molecule has 0 aliphatic carbocycles. The van der Waals surface area contributed by atoms with Crippen LogP contribution in [0.2, 0.25) is 0 Å². The first kappa shape index (κ1) is 20.0. The van der Waals surface area contributed by atoms with Crippen molar-refractivity contribution in [1.29, 1.82) is 0 Å². The molecule has 142 valence electrons. The van der Waals surface area contributed by atoms with Crippen molar-refractivity contribution in [2.45, 2.75) is 20.0 Å². The van der Waals surface area contributed by atoms with E-state index < -0.39 is 28.9 Å². The summed E-state index contributed by atoms with van der Waals surface area (Å²) in [5.41, 5.74) is -1.05. The lowest BCUT2D eigenvalue weighted by atomic mass is 10.2. The Morgan fingerprint density at radius 1 is 1.22 bits per heavy atom. The lowest BCUT2D eigenvalue weighted by Crippen LogP contribution is -2.33. The summed E-state index contributed by atoms with van der Waals surface area (Å²) in [4.78, 5) is 52.4. The summed E-state index contributed by atoms with van der Waals surface area (Å²) in [5.74, 6) is -2.18. The van der Waals surface area contributed by atoms with Crippen LogP contribution in [0.5, 0.6) is 5.75 Å². The molecule has 0 aliphatic rings. The largest absolute Gasteiger partial charge is 0.461 e. The van der Waals surface area contributed by atoms with E-state index in [0.29, 0.717) is 6.29 Å². The molecule has 9 heteroatoms. The average Bonchev–Trinajstić information content (AvgIpc) is 2.67. The lowest BCUT2D eigenvalue weighted by Gasteiger charge is -2.14. The maximum absolute atomic E-state index is 12.8. The van der Waals surface area contributed by atoms with E-state index in [1.807, 2.05) is 0 Å². The fraction of sp³-hybridized carbons (Fsp3) is 0.278. The Labute approximate surface area is 154 Å². The Balaban J connectivity index is 2.59. The quantitative estimate of drug-likeness (QED) is 0.527. The van der Waals surface area contributed by atoms with Gasteiger partial charge >= 0.3 is 11.9 Å². The molecule has 1 aromatic heterocycles. The minimum atomic E-state index is -0.902. The minimum Gasteiger partial charge on any atom is -0.461 e. The van der Waals surface area contributed by atoms with Gasteiger partial charge < -0.3 is 19.6 Å². The van der Waals surface area contributed by atoms with Gasteiger partial charge in [-0.1, -0.05) is 18.2 Å². The first-order valence-corrected chi connectivity index (χ1v) is 8.19. The van der Waals surface area contributed by atoms with Crippen molar-refractivity contribution in [2.24, 2.45) is 0 Å². The molecule has 0 unspecified atom stereocenters. The van der Waals surface area contributed by atoms with Gasteiger partial charge in [0.15, 0.2) is 5.69 Å². The molecular formula is C18H19N3O6. The molecule has 0 atom stereocenters. The minimum absolute atomic E-state index is 0.0470. The average molecular weight is 373 g/mol. The maximum atomic E-state index is 12.8. The highest BCUT2D eigenvalue weighted by Crippen LogP contribution is 2.16. The Morgan fingerprint density at radius 2 is 1.93 bits per heavy atom. The highest BCUT2D eigenvalue weighted by Gasteiger charge is 2.26. The molecule has 0 spiro atoms. The van der Waals surface area contributed by atoms with Crippen LogP contribution in [0.1, 0.15) is 33.6 Å². The fourth-order valence-electron chi connectivity index (χ4n) is 2.29. The van der Waals surface area contributed by atoms with Gasteiger partial charge in [-0.25, -0.2) is 14.6 Å². The molecule has 1 N–H and O–H groups in total. The molecule has 1 aromatic carbocycles. The SMILES string of the molecule is CCOC(=O)c1nc(CNC)n(CC=O)c(=O)c1OC(=O)c1ccccc1. The molecule has 0 saturated carbocycles. The van der Waals surface area contributed by atoms with Crippen molar-refractivity contribution < 1.29 is 23.9 Å². The van der Waals surface area contributed by atoms with E-state index in [-0.39, 0.29) is 31.1 Å². The Morgan fingerprint density at radius 3 is 2.52 bits per heavy atom. The Hall–Kier alpha value is -3.33. The van der Waals surface area contributed by atoms with E-state index in [1.54, 1.807) is 32.2 Å². The van der Waals surface area contributed by atoms with Gasteiger partial charge in [0.05, 0.1) is 25.3 Å². The molecule has 0 fully saturated rings. The second-order valence-electron chi connectivity index (χ2n) is 5.29. The highest BCUT2D eigenvalue weighted by atomic mass is 16.6. The molecular weight excluding hydrogens is 354 g/mol. The van der Waals surface area contributed by atoms with Gasteiger partial charge in [-0.05, 0) is 26.1 Å². The van der Waals surface area contributed by atoms with Crippen LogP contribution in [-0.4, -0.2) is 41.4 Å². The van der Waals surface area contributed by atoms with Crippen molar-refractivity contribution >= 4 is 18.2 Å². The van der Waals surface area contributed by atoms with Crippen LogP contribution in [0.3, 0.4) is 0 Å². The number of aromatic nitrogens is 2. The molecule has 0 amide bonds. The number of nitrogens with zero attached hydrogens (tertiary/aromatic N) is 2. The third-order valence-electron chi connectivity index (χ3n) is 3.47. The van der Waals surface area contributed by atoms with Crippen LogP contribution >= 0.6 is 0 Å². The maximum Gasteiger partial charge on any atom is 0.361 e. The smallest absolute Gasteiger partial charge is 0.361 e. The van der Waals surface area contributed by atoms with Gasteiger partial charge in [-0.2, -0.15) is 0 Å². The standard InChI is InChI=1S/C18H19N3O6/c1-3-26-18(25)14-15(27-17(24)12-7-5-4-6-8-12)16(23)21(9-10-22)13(20-14)11-19-2/h4-8,10,19H,3,9,11H2,1-2H3. The fourth-order valence-corrected chi connectivity index (χ4v) is 2.29. The topological polar surface area (TPSA) is 117 Å². The third kappa shape index (κ3) is 4.64. The van der Waals surface area contributed by atoms with Crippen molar-refractivity contribution in [3.8, 4) is 5.75 Å². The summed E-state index contributed by atoms with van der Waals surface area (Å²) in [5, 5.41) is 2.80. The predicted molar refractivity (Wildman–Crippen MR) is 94.7 cm³/mol. The van der Waals surface area contributed by atoms with E-state index in [2.05, 4.69) is 10.3 Å². The highest BCUT2D eigenvalue weighted by molar-refractivity contribution is 5.94. The van der Waals surface area contributed by atoms with Crippen molar-refractivity contribution in [1.82, 2.24) is 14.9 Å². The molecule has 2 rings (SSSR count). The van der Waals surface area contributed by atoms with E-state index >= 15 is 0 Å². The predicted octanol–water partition coefficient (Wildman–Crippen LogP) is 0.558. The molecule has 9 nitrogen and oxygen atoms in total. The molecule has 0 aliphatic heterocycles. The zero-order valence-electron chi connectivity index (χ0n) is 14.9. The van der Waals surface area contributed by atoms with Gasteiger partial charge in [-0.3, -0.25) is 9.36 Å². The van der Waals surface area contributed by atoms with Gasteiger partial charge in [0.2, 0.25) is 5.75 Å². The van der Waals surface area contributed by atoms with Crippen LogP contribution in [0.15, 0.2) is 35.1 Å². The Bertz CT molecular complexity index is 892. The molecule has 0 radical (unpaired) electrons. The van der Waals surface area contributed by atoms with E-state index in [4.69, 9.17) is 9.47 Å². The first-order valence-electron chi connectivity index (χ1n) is 8.19. The zero-order chi connectivity index (χ0) is 19.8. The van der Waals surface area contributed by atoms with Gasteiger partial charge in [-0.15, -0.1) is 0 Å². The normalized spacial score (nSPS) is 10.3. The molecule has 0 bridgehead atoms. The number of benzene rings is 1. The van der Waals surface area contributed by atoms with E-state index in [0.717, 1.165) is 4.57 Å². The summed E-state index contributed by atoms with van der Waals surface area (Å²) in [6, 6.07) is 7.97. The summed E-state index contributed by atoms with van der Waals surface area (Å²) >= 11 is 0. The number of nitrogens with one attached hydrogen (secondary N) is 1.